The van der Waals surface area contributed by atoms with E-state index in [0.717, 1.165) is 32.1 Å². The Morgan fingerprint density at radius 3 is 2.34 bits per heavy atom. The van der Waals surface area contributed by atoms with Gasteiger partial charge in [-0.1, -0.05) is 19.3 Å². The number of fused-ring (bicyclic) bond motifs is 1. The highest BCUT2D eigenvalue weighted by Crippen LogP contribution is 2.32. The van der Waals surface area contributed by atoms with Gasteiger partial charge in [0.15, 0.2) is 0 Å². The molecule has 2 aromatic rings. The van der Waals surface area contributed by atoms with Gasteiger partial charge in [0.1, 0.15) is 5.75 Å². The number of nitrogens with zero attached hydrogens (tertiary/aromatic N) is 1. The van der Waals surface area contributed by atoms with Gasteiger partial charge in [-0.15, -0.1) is 0 Å². The topological polar surface area (TPSA) is 105 Å². The first-order valence-electron chi connectivity index (χ1n) is 10.7. The number of nitrogens with one attached hydrogen (secondary N) is 2. The molecule has 0 spiro atoms. The van der Waals surface area contributed by atoms with Gasteiger partial charge in [-0.05, 0) is 49.2 Å². The lowest BCUT2D eigenvalue weighted by atomic mass is 9.94. The van der Waals surface area contributed by atoms with Crippen LogP contribution in [0.3, 0.4) is 0 Å². The van der Waals surface area contributed by atoms with Crippen molar-refractivity contribution in [2.75, 3.05) is 17.7 Å². The van der Waals surface area contributed by atoms with Crippen molar-refractivity contribution in [2.45, 2.75) is 45.1 Å². The van der Waals surface area contributed by atoms with Gasteiger partial charge in [-0.25, -0.2) is 0 Å². The molecule has 2 aliphatic rings. The first-order valence-corrected chi connectivity index (χ1v) is 10.7. The number of carbonyl (C=O) groups is 4. The fourth-order valence-corrected chi connectivity index (χ4v) is 4.35. The summed E-state index contributed by atoms with van der Waals surface area (Å²) >= 11 is 0. The van der Waals surface area contributed by atoms with E-state index in [1.54, 1.807) is 30.3 Å². The number of methoxy groups -OCH3 is 1. The molecule has 1 saturated carbocycles. The predicted octanol–water partition coefficient (Wildman–Crippen LogP) is 3.83. The Morgan fingerprint density at radius 1 is 0.938 bits per heavy atom. The SMILES string of the molecule is COc1ccc(NC(=O)c2ccc3c(c2)C(=O)N(C2CCCCC2)C3=O)cc1NC(C)=O. The monoisotopic (exact) mass is 435 g/mol. The third kappa shape index (κ3) is 4.08. The van der Waals surface area contributed by atoms with E-state index in [1.165, 1.54) is 25.0 Å². The quantitative estimate of drug-likeness (QED) is 0.695. The Morgan fingerprint density at radius 2 is 1.66 bits per heavy atom. The highest BCUT2D eigenvalue weighted by atomic mass is 16.5. The first kappa shape index (κ1) is 21.5. The van der Waals surface area contributed by atoms with Crippen molar-refractivity contribution in [2.24, 2.45) is 0 Å². The summed E-state index contributed by atoms with van der Waals surface area (Å²) in [7, 11) is 1.48. The second-order valence-electron chi connectivity index (χ2n) is 8.08. The molecule has 1 heterocycles. The molecule has 1 fully saturated rings. The summed E-state index contributed by atoms with van der Waals surface area (Å²) in [5.41, 5.74) is 1.76. The molecule has 0 saturated heterocycles. The van der Waals surface area contributed by atoms with Gasteiger partial charge in [-0.2, -0.15) is 0 Å². The maximum atomic E-state index is 13.0. The third-order valence-electron chi connectivity index (χ3n) is 5.89. The van der Waals surface area contributed by atoms with Crippen LogP contribution in [0, 0.1) is 0 Å². The number of hydrogen-bond donors (Lipinski definition) is 2. The summed E-state index contributed by atoms with van der Waals surface area (Å²) in [6.45, 7) is 1.38. The normalized spacial score (nSPS) is 16.0. The molecule has 0 atom stereocenters. The van der Waals surface area contributed by atoms with Crippen molar-refractivity contribution in [3.05, 3.63) is 53.1 Å². The van der Waals surface area contributed by atoms with E-state index in [-0.39, 0.29) is 34.9 Å². The van der Waals surface area contributed by atoms with Crippen LogP contribution in [0.5, 0.6) is 5.75 Å². The van der Waals surface area contributed by atoms with Crippen LogP contribution in [0.15, 0.2) is 36.4 Å². The third-order valence-corrected chi connectivity index (χ3v) is 5.89. The van der Waals surface area contributed by atoms with Crippen molar-refractivity contribution in [1.29, 1.82) is 0 Å². The molecule has 2 aromatic carbocycles. The Bertz CT molecular complexity index is 1100. The lowest BCUT2D eigenvalue weighted by Crippen LogP contribution is -2.40. The number of hydrogen-bond acceptors (Lipinski definition) is 5. The predicted molar refractivity (Wildman–Crippen MR) is 119 cm³/mol. The van der Waals surface area contributed by atoms with Gasteiger partial charge >= 0.3 is 0 Å². The summed E-state index contributed by atoms with van der Waals surface area (Å²) < 4.78 is 5.22. The van der Waals surface area contributed by atoms with Crippen LogP contribution in [-0.2, 0) is 4.79 Å². The lowest BCUT2D eigenvalue weighted by Gasteiger charge is -2.29. The molecular weight excluding hydrogens is 410 g/mol. The number of ether oxygens (including phenoxy) is 1. The van der Waals surface area contributed by atoms with E-state index in [1.807, 2.05) is 0 Å². The van der Waals surface area contributed by atoms with Gasteiger partial charge in [0.05, 0.1) is 23.9 Å². The fourth-order valence-electron chi connectivity index (χ4n) is 4.35. The Balaban J connectivity index is 1.55. The molecule has 1 aliphatic carbocycles. The molecule has 2 N–H and O–H groups in total. The average molecular weight is 435 g/mol. The van der Waals surface area contributed by atoms with Crippen molar-refractivity contribution in [1.82, 2.24) is 4.90 Å². The number of rotatable bonds is 5. The van der Waals surface area contributed by atoms with Crippen LogP contribution in [0.2, 0.25) is 0 Å². The zero-order valence-corrected chi connectivity index (χ0v) is 18.1. The largest absolute Gasteiger partial charge is 0.495 e. The highest BCUT2D eigenvalue weighted by molar-refractivity contribution is 6.22. The summed E-state index contributed by atoms with van der Waals surface area (Å²) in [5.74, 6) is -0.843. The number of carbonyl (C=O) groups excluding carboxylic acids is 4. The van der Waals surface area contributed by atoms with E-state index >= 15 is 0 Å². The van der Waals surface area contributed by atoms with Crippen LogP contribution < -0.4 is 15.4 Å². The minimum absolute atomic E-state index is 0.0695. The highest BCUT2D eigenvalue weighted by Gasteiger charge is 2.40. The van der Waals surface area contributed by atoms with Crippen LogP contribution >= 0.6 is 0 Å². The maximum Gasteiger partial charge on any atom is 0.261 e. The van der Waals surface area contributed by atoms with E-state index in [9.17, 15) is 19.2 Å². The zero-order valence-electron chi connectivity index (χ0n) is 18.1. The Kier molecular flexibility index (Phi) is 5.94. The molecule has 8 heteroatoms. The standard InChI is InChI=1S/C24H25N3O5/c1-14(28)25-20-13-16(9-11-21(20)32-2)26-22(29)15-8-10-18-19(12-15)24(31)27(23(18)30)17-6-4-3-5-7-17/h8-13,17H,3-7H2,1-2H3,(H,25,28)(H,26,29). The molecule has 8 nitrogen and oxygen atoms in total. The van der Waals surface area contributed by atoms with E-state index in [4.69, 9.17) is 4.74 Å². The van der Waals surface area contributed by atoms with Crippen molar-refractivity contribution in [3.8, 4) is 5.75 Å². The van der Waals surface area contributed by atoms with E-state index in [0.29, 0.717) is 22.7 Å². The molecular formula is C24H25N3O5. The van der Waals surface area contributed by atoms with Gasteiger partial charge < -0.3 is 15.4 Å². The fraction of sp³-hybridized carbons (Fsp3) is 0.333. The van der Waals surface area contributed by atoms with Crippen LogP contribution in [0.4, 0.5) is 11.4 Å². The van der Waals surface area contributed by atoms with Crippen molar-refractivity contribution < 1.29 is 23.9 Å². The Labute approximate surface area is 185 Å². The minimum atomic E-state index is -0.428. The second-order valence-corrected chi connectivity index (χ2v) is 8.08. The molecule has 0 unspecified atom stereocenters. The van der Waals surface area contributed by atoms with E-state index < -0.39 is 5.91 Å². The molecule has 4 amide bonds. The summed E-state index contributed by atoms with van der Waals surface area (Å²) in [5, 5.41) is 5.41. The van der Waals surface area contributed by atoms with Crippen LogP contribution in [0.1, 0.15) is 70.1 Å². The lowest BCUT2D eigenvalue weighted by molar-refractivity contribution is -0.114. The molecule has 1 aliphatic heterocycles. The summed E-state index contributed by atoms with van der Waals surface area (Å²) in [6.07, 6.45) is 4.79. The van der Waals surface area contributed by atoms with E-state index in [2.05, 4.69) is 10.6 Å². The first-order chi connectivity index (χ1) is 15.4. The molecule has 166 valence electrons. The summed E-state index contributed by atoms with van der Waals surface area (Å²) in [4.78, 5) is 51.4. The molecule has 0 radical (unpaired) electrons. The van der Waals surface area contributed by atoms with Gasteiger partial charge in [0, 0.05) is 24.2 Å². The van der Waals surface area contributed by atoms with Crippen LogP contribution in [0.25, 0.3) is 0 Å². The number of benzene rings is 2. The van der Waals surface area contributed by atoms with Gasteiger partial charge in [0.25, 0.3) is 17.7 Å². The summed E-state index contributed by atoms with van der Waals surface area (Å²) in [6, 6.07) is 9.37. The van der Waals surface area contributed by atoms with Crippen molar-refractivity contribution in [3.63, 3.8) is 0 Å². The average Bonchev–Trinajstić information content (AvgIpc) is 3.03. The van der Waals surface area contributed by atoms with Crippen LogP contribution in [-0.4, -0.2) is 41.7 Å². The molecule has 0 bridgehead atoms. The minimum Gasteiger partial charge on any atom is -0.495 e. The maximum absolute atomic E-state index is 13.0. The van der Waals surface area contributed by atoms with Gasteiger partial charge in [0.2, 0.25) is 5.91 Å². The number of imide groups is 1. The molecule has 0 aromatic heterocycles. The smallest absolute Gasteiger partial charge is 0.261 e. The second kappa shape index (κ2) is 8.82. The molecule has 4 rings (SSSR count). The number of anilines is 2. The van der Waals surface area contributed by atoms with Crippen molar-refractivity contribution >= 4 is 35.0 Å². The number of amides is 4. The zero-order chi connectivity index (χ0) is 22.8. The molecule has 32 heavy (non-hydrogen) atoms. The Hall–Kier alpha value is -3.68. The van der Waals surface area contributed by atoms with Gasteiger partial charge in [-0.3, -0.25) is 24.1 Å².